The highest BCUT2D eigenvalue weighted by molar-refractivity contribution is 6.07. The van der Waals surface area contributed by atoms with E-state index >= 15 is 0 Å². The zero-order chi connectivity index (χ0) is 39.2. The molecule has 0 fully saturated rings. The number of benzene rings is 3. The first-order valence-electron chi connectivity index (χ1n) is 18.5. The van der Waals surface area contributed by atoms with Crippen LogP contribution in [0.3, 0.4) is 0 Å². The van der Waals surface area contributed by atoms with Crippen LogP contribution in [-0.2, 0) is 38.8 Å². The molecule has 0 saturated carbocycles. The fraction of sp³-hybridized carbons (Fsp3) is 0.400. The van der Waals surface area contributed by atoms with E-state index < -0.39 is 12.2 Å². The summed E-state index contributed by atoms with van der Waals surface area (Å²) in [7, 11) is 2.52. The standard InChI is InChI=1S/C40H48N8O7/c1-7-27(8-2)48(37(50)18-43-40(52)54-6)21-34-41-16-32(45-34)25-9-11-28-26(13-25)22-55-33-15-29-24(14-30(28)33)10-12-31-38(29)46-35(44-31)20-47(19-23(3)4)36(49)17-42-39(51)53-5/h9-16,23,27H,7-8,17-22H2,1-6H3,(H,41,45)(H,42,51)(H,43,52)(H,44,46). The predicted molar refractivity (Wildman–Crippen MR) is 207 cm³/mol. The summed E-state index contributed by atoms with van der Waals surface area (Å²) < 4.78 is 15.6. The Kier molecular flexibility index (Phi) is 11.9. The van der Waals surface area contributed by atoms with Gasteiger partial charge < -0.3 is 44.6 Å². The monoisotopic (exact) mass is 752 g/mol. The minimum Gasteiger partial charge on any atom is -0.488 e. The smallest absolute Gasteiger partial charge is 0.407 e. The van der Waals surface area contributed by atoms with E-state index in [0.29, 0.717) is 24.8 Å². The predicted octanol–water partition coefficient (Wildman–Crippen LogP) is 5.88. The minimum absolute atomic E-state index is 0.0115. The number of aromatic amines is 2. The fourth-order valence-electron chi connectivity index (χ4n) is 7.01. The number of carbonyl (C=O) groups excluding carboxylic acids is 4. The quantitative estimate of drug-likeness (QED) is 0.108. The van der Waals surface area contributed by atoms with E-state index in [9.17, 15) is 19.2 Å². The normalized spacial score (nSPS) is 11.9. The van der Waals surface area contributed by atoms with Gasteiger partial charge in [0.2, 0.25) is 11.8 Å². The summed E-state index contributed by atoms with van der Waals surface area (Å²) in [4.78, 5) is 69.0. The summed E-state index contributed by atoms with van der Waals surface area (Å²) in [5, 5.41) is 6.88. The highest BCUT2D eigenvalue weighted by atomic mass is 16.5. The van der Waals surface area contributed by atoms with E-state index in [-0.39, 0.29) is 50.0 Å². The molecule has 0 radical (unpaired) electrons. The molecule has 15 heteroatoms. The fourth-order valence-corrected chi connectivity index (χ4v) is 7.01. The van der Waals surface area contributed by atoms with Crippen LogP contribution >= 0.6 is 0 Å². The lowest BCUT2D eigenvalue weighted by molar-refractivity contribution is -0.133. The van der Waals surface area contributed by atoms with Gasteiger partial charge in [-0.3, -0.25) is 9.59 Å². The van der Waals surface area contributed by atoms with Crippen LogP contribution < -0.4 is 15.4 Å². The Morgan fingerprint density at radius 1 is 0.873 bits per heavy atom. The number of aromatic nitrogens is 4. The van der Waals surface area contributed by atoms with Crippen LogP contribution in [0.5, 0.6) is 5.75 Å². The number of rotatable bonds is 14. The highest BCUT2D eigenvalue weighted by Crippen LogP contribution is 2.42. The molecule has 3 heterocycles. The first-order valence-corrected chi connectivity index (χ1v) is 18.5. The molecule has 0 bridgehead atoms. The number of carbonyl (C=O) groups is 4. The van der Waals surface area contributed by atoms with Crippen molar-refractivity contribution in [2.75, 3.05) is 33.9 Å². The lowest BCUT2D eigenvalue weighted by Gasteiger charge is -2.30. The molecule has 0 spiro atoms. The average Bonchev–Trinajstić information content (AvgIpc) is 3.84. The van der Waals surface area contributed by atoms with Crippen molar-refractivity contribution in [2.24, 2.45) is 5.92 Å². The second-order valence-electron chi connectivity index (χ2n) is 14.0. The Hall–Kier alpha value is -6.12. The molecule has 5 aromatic rings. The summed E-state index contributed by atoms with van der Waals surface area (Å²) in [5.74, 6) is 1.80. The van der Waals surface area contributed by atoms with E-state index in [0.717, 1.165) is 68.3 Å². The highest BCUT2D eigenvalue weighted by Gasteiger charge is 2.25. The molecule has 3 aromatic carbocycles. The zero-order valence-corrected chi connectivity index (χ0v) is 32.1. The molecule has 1 aliphatic heterocycles. The van der Waals surface area contributed by atoms with Gasteiger partial charge in [-0.25, -0.2) is 19.6 Å². The largest absolute Gasteiger partial charge is 0.488 e. The topological polar surface area (TPSA) is 184 Å². The maximum Gasteiger partial charge on any atom is 0.407 e. The van der Waals surface area contributed by atoms with Crippen molar-refractivity contribution in [3.05, 3.63) is 65.9 Å². The van der Waals surface area contributed by atoms with Gasteiger partial charge in [0.05, 0.1) is 50.2 Å². The first kappa shape index (κ1) is 38.6. The van der Waals surface area contributed by atoms with Crippen LogP contribution in [-0.4, -0.2) is 93.6 Å². The van der Waals surface area contributed by atoms with Crippen LogP contribution in [0, 0.1) is 5.92 Å². The number of fused-ring (bicyclic) bond motifs is 6. The first-order chi connectivity index (χ1) is 26.5. The van der Waals surface area contributed by atoms with E-state index in [1.165, 1.54) is 14.2 Å². The number of ether oxygens (including phenoxy) is 3. The number of methoxy groups -OCH3 is 2. The third-order valence-corrected chi connectivity index (χ3v) is 9.78. The van der Waals surface area contributed by atoms with Crippen molar-refractivity contribution in [1.29, 1.82) is 0 Å². The second-order valence-corrected chi connectivity index (χ2v) is 14.0. The van der Waals surface area contributed by atoms with Crippen LogP contribution in [0.2, 0.25) is 0 Å². The Morgan fingerprint density at radius 2 is 1.60 bits per heavy atom. The summed E-state index contributed by atoms with van der Waals surface area (Å²) in [6.07, 6.45) is 1.99. The van der Waals surface area contributed by atoms with Gasteiger partial charge in [0, 0.05) is 23.5 Å². The lowest BCUT2D eigenvalue weighted by Crippen LogP contribution is -2.45. The molecule has 0 unspecified atom stereocenters. The number of hydrogen-bond acceptors (Lipinski definition) is 9. The molecular weight excluding hydrogens is 704 g/mol. The average molecular weight is 753 g/mol. The molecular formula is C40H48N8O7. The van der Waals surface area contributed by atoms with Crippen LogP contribution in [0.15, 0.2) is 48.7 Å². The molecule has 0 atom stereocenters. The van der Waals surface area contributed by atoms with E-state index in [1.54, 1.807) is 16.0 Å². The van der Waals surface area contributed by atoms with Crippen molar-refractivity contribution in [3.63, 3.8) is 0 Å². The van der Waals surface area contributed by atoms with Gasteiger partial charge in [0.15, 0.2) is 0 Å². The third-order valence-electron chi connectivity index (χ3n) is 9.78. The van der Waals surface area contributed by atoms with Gasteiger partial charge in [-0.05, 0) is 65.1 Å². The number of alkyl carbamates (subject to hydrolysis) is 2. The molecule has 1 aliphatic rings. The molecule has 2 aromatic heterocycles. The van der Waals surface area contributed by atoms with Gasteiger partial charge in [-0.15, -0.1) is 0 Å². The third kappa shape index (κ3) is 8.66. The summed E-state index contributed by atoms with van der Waals surface area (Å²) in [6, 6.07) is 14.4. The molecule has 0 aliphatic carbocycles. The molecule has 290 valence electrons. The lowest BCUT2D eigenvalue weighted by atomic mass is 9.92. The Labute approximate surface area is 319 Å². The molecule has 4 amide bonds. The van der Waals surface area contributed by atoms with Gasteiger partial charge in [-0.2, -0.15) is 0 Å². The number of nitrogens with zero attached hydrogens (tertiary/aromatic N) is 4. The van der Waals surface area contributed by atoms with Crippen molar-refractivity contribution in [3.8, 4) is 28.1 Å². The van der Waals surface area contributed by atoms with Gasteiger partial charge in [0.1, 0.15) is 37.1 Å². The van der Waals surface area contributed by atoms with Gasteiger partial charge in [0.25, 0.3) is 0 Å². The molecule has 0 saturated heterocycles. The molecule has 4 N–H and O–H groups in total. The SMILES string of the molecule is CCC(CC)N(Cc1ncc(-c2ccc3c(c2)COc2cc4c(ccc5[nH]c(CN(CC(C)C)C(=O)CNC(=O)OC)nc54)cc2-3)[nH]1)C(=O)CNC(=O)OC. The summed E-state index contributed by atoms with van der Waals surface area (Å²) in [6.45, 7) is 9.20. The van der Waals surface area contributed by atoms with Gasteiger partial charge >= 0.3 is 12.2 Å². The van der Waals surface area contributed by atoms with Crippen molar-refractivity contribution < 1.29 is 33.4 Å². The second kappa shape index (κ2) is 16.9. The van der Waals surface area contributed by atoms with Crippen molar-refractivity contribution in [2.45, 2.75) is 66.3 Å². The van der Waals surface area contributed by atoms with E-state index in [1.807, 2.05) is 52.0 Å². The minimum atomic E-state index is -0.659. The molecule has 6 rings (SSSR count). The molecule has 55 heavy (non-hydrogen) atoms. The van der Waals surface area contributed by atoms with E-state index in [2.05, 4.69) is 53.3 Å². The Bertz CT molecular complexity index is 2210. The van der Waals surface area contributed by atoms with Crippen LogP contribution in [0.25, 0.3) is 44.2 Å². The van der Waals surface area contributed by atoms with Gasteiger partial charge in [-0.1, -0.05) is 45.9 Å². The Balaban J connectivity index is 1.22. The maximum atomic E-state index is 13.1. The van der Waals surface area contributed by atoms with Crippen molar-refractivity contribution >= 4 is 45.8 Å². The van der Waals surface area contributed by atoms with Crippen LogP contribution in [0.4, 0.5) is 9.59 Å². The Morgan fingerprint density at radius 3 is 2.29 bits per heavy atom. The number of amides is 4. The summed E-state index contributed by atoms with van der Waals surface area (Å²) >= 11 is 0. The number of hydrogen-bond donors (Lipinski definition) is 4. The van der Waals surface area contributed by atoms with E-state index in [4.69, 9.17) is 9.72 Å². The zero-order valence-electron chi connectivity index (χ0n) is 32.1. The van der Waals surface area contributed by atoms with Crippen LogP contribution in [0.1, 0.15) is 57.7 Å². The number of nitrogens with one attached hydrogen (secondary N) is 4. The van der Waals surface area contributed by atoms with Crippen molar-refractivity contribution in [1.82, 2.24) is 40.4 Å². The maximum absolute atomic E-state index is 13.1. The number of imidazole rings is 2. The number of H-pyrrole nitrogens is 2. The summed E-state index contributed by atoms with van der Waals surface area (Å²) in [5.41, 5.74) is 6.46. The molecule has 15 nitrogen and oxygen atoms in total.